The highest BCUT2D eigenvalue weighted by atomic mass is 15.2. The lowest BCUT2D eigenvalue weighted by Gasteiger charge is -2.01. The van der Waals surface area contributed by atoms with Gasteiger partial charge in [0.05, 0.1) is 6.67 Å². The second-order valence-corrected chi connectivity index (χ2v) is 2.22. The van der Waals surface area contributed by atoms with Gasteiger partial charge in [0.2, 0.25) is 12.2 Å². The molecule has 14 heavy (non-hydrogen) atoms. The first-order valence-electron chi connectivity index (χ1n) is 3.90. The van der Waals surface area contributed by atoms with Gasteiger partial charge in [-0.25, -0.2) is 4.98 Å². The first-order valence-corrected chi connectivity index (χ1v) is 3.90. The first-order chi connectivity index (χ1) is 6.86. The van der Waals surface area contributed by atoms with Gasteiger partial charge in [0.1, 0.15) is 0 Å². The number of nitriles is 1. The van der Waals surface area contributed by atoms with Crippen LogP contribution in [0.5, 0.6) is 0 Å². The topological polar surface area (TPSA) is 101 Å². The van der Waals surface area contributed by atoms with Crippen LogP contribution in [0, 0.1) is 11.5 Å². The molecule has 0 aromatic carbocycles. The lowest BCUT2D eigenvalue weighted by atomic mass is 10.5. The van der Waals surface area contributed by atoms with E-state index in [1.807, 2.05) is 0 Å². The Bertz CT molecular complexity index is 339. The van der Waals surface area contributed by atoms with Crippen molar-refractivity contribution in [2.45, 2.75) is 0 Å². The summed E-state index contributed by atoms with van der Waals surface area (Å²) in [5.74, 6) is 0.635. The molecule has 0 atom stereocenters. The lowest BCUT2D eigenvalue weighted by Crippen LogP contribution is -2.34. The van der Waals surface area contributed by atoms with Gasteiger partial charge in [0.25, 0.3) is 0 Å². The van der Waals surface area contributed by atoms with Gasteiger partial charge in [-0.1, -0.05) is 6.07 Å². The van der Waals surface area contributed by atoms with Crippen molar-refractivity contribution < 1.29 is 0 Å². The van der Waals surface area contributed by atoms with Crippen molar-refractivity contribution in [3.05, 3.63) is 24.4 Å². The van der Waals surface area contributed by atoms with Crippen LogP contribution in [0.4, 0.5) is 5.82 Å². The van der Waals surface area contributed by atoms with Crippen molar-refractivity contribution in [3.63, 3.8) is 0 Å². The van der Waals surface area contributed by atoms with E-state index in [9.17, 15) is 0 Å². The van der Waals surface area contributed by atoms with Gasteiger partial charge in [0.15, 0.2) is 5.82 Å². The molecule has 3 N–H and O–H groups in total. The summed E-state index contributed by atoms with van der Waals surface area (Å²) < 4.78 is 0. The number of nitrogens with one attached hydrogen (secondary N) is 1. The number of rotatable bonds is 2. The van der Waals surface area contributed by atoms with Crippen LogP contribution in [-0.2, 0) is 0 Å². The van der Waals surface area contributed by atoms with Crippen LogP contribution in [0.3, 0.4) is 0 Å². The molecule has 0 spiro atoms. The molecule has 6 nitrogen and oxygen atoms in total. The maximum absolute atomic E-state index is 8.34. The van der Waals surface area contributed by atoms with Crippen molar-refractivity contribution in [2.75, 3.05) is 6.67 Å². The third-order valence-electron chi connectivity index (χ3n) is 1.29. The Labute approximate surface area is 81.5 Å². The zero-order chi connectivity index (χ0) is 10.2. The van der Waals surface area contributed by atoms with Crippen LogP contribution in [0.2, 0.25) is 0 Å². The summed E-state index contributed by atoms with van der Waals surface area (Å²) in [6.07, 6.45) is 3.22. The van der Waals surface area contributed by atoms with E-state index in [4.69, 9.17) is 11.0 Å². The molecule has 0 aliphatic carbocycles. The Morgan fingerprint density at radius 1 is 1.64 bits per heavy atom. The predicted octanol–water partition coefficient (Wildman–Crippen LogP) is -0.340. The summed E-state index contributed by atoms with van der Waals surface area (Å²) in [7, 11) is 0. The molecule has 1 aromatic rings. The summed E-state index contributed by atoms with van der Waals surface area (Å²) in [6, 6.07) is 5.26. The highest BCUT2D eigenvalue weighted by Crippen LogP contribution is 2.03. The zero-order valence-electron chi connectivity index (χ0n) is 7.38. The van der Waals surface area contributed by atoms with Crippen LogP contribution < -0.4 is 16.4 Å². The van der Waals surface area contributed by atoms with Crippen molar-refractivity contribution in [2.24, 2.45) is 10.7 Å². The van der Waals surface area contributed by atoms with Crippen molar-refractivity contribution in [3.8, 4) is 6.19 Å². The van der Waals surface area contributed by atoms with Crippen LogP contribution >= 0.6 is 0 Å². The third-order valence-corrected chi connectivity index (χ3v) is 1.29. The Kier molecular flexibility index (Phi) is 3.91. The Morgan fingerprint density at radius 2 is 2.50 bits per heavy atom. The largest absolute Gasteiger partial charge is 0.341 e. The minimum Gasteiger partial charge on any atom is -0.341 e. The number of guanidine groups is 1. The second-order valence-electron chi connectivity index (χ2n) is 2.22. The van der Waals surface area contributed by atoms with Gasteiger partial charge in [-0.3, -0.25) is 0 Å². The van der Waals surface area contributed by atoms with E-state index in [2.05, 4.69) is 20.6 Å². The highest BCUT2D eigenvalue weighted by molar-refractivity contribution is 5.82. The van der Waals surface area contributed by atoms with E-state index >= 15 is 0 Å². The van der Waals surface area contributed by atoms with E-state index in [0.717, 1.165) is 0 Å². The second kappa shape index (κ2) is 5.50. The summed E-state index contributed by atoms with van der Waals surface area (Å²) >= 11 is 0. The third kappa shape index (κ3) is 3.08. The summed E-state index contributed by atoms with van der Waals surface area (Å²) in [6.45, 7) is 0.164. The molecule has 71 valence electrons. The minimum atomic E-state index is 0.161. The van der Waals surface area contributed by atoms with E-state index in [1.165, 1.54) is 0 Å². The molecule has 1 heterocycles. The fraction of sp³-hybridized carbons (Fsp3) is 0.125. The average Bonchev–Trinajstić information content (AvgIpc) is 2.20. The molecule has 0 aliphatic rings. The van der Waals surface area contributed by atoms with Gasteiger partial charge in [0, 0.05) is 6.20 Å². The van der Waals surface area contributed by atoms with Crippen LogP contribution in [-0.4, -0.2) is 17.6 Å². The summed E-state index contributed by atoms with van der Waals surface area (Å²) in [4.78, 5) is 7.91. The lowest BCUT2D eigenvalue weighted by molar-refractivity contribution is 0.891. The van der Waals surface area contributed by atoms with Crippen LogP contribution in [0.15, 0.2) is 29.4 Å². The van der Waals surface area contributed by atoms with Crippen molar-refractivity contribution in [1.82, 2.24) is 15.6 Å². The number of nitrogens with two attached hydrogens (primary N) is 1. The van der Waals surface area contributed by atoms with Gasteiger partial charge in [-0.05, 0) is 12.1 Å². The number of hydrogen-bond acceptors (Lipinski definition) is 4. The zero-order valence-corrected chi connectivity index (χ0v) is 7.38. The molecular weight excluding hydrogens is 180 g/mol. The van der Waals surface area contributed by atoms with Gasteiger partial charge < -0.3 is 11.1 Å². The number of nitrogens with zero attached hydrogens (tertiary/aromatic N) is 4. The first kappa shape index (κ1) is 9.95. The maximum atomic E-state index is 8.34. The summed E-state index contributed by atoms with van der Waals surface area (Å²) in [5.41, 5.74) is 5.23. The SMILES string of the molecule is N#C[N]C(=Nc1ccccn1)NCN. The van der Waals surface area contributed by atoms with Crippen LogP contribution in [0.1, 0.15) is 0 Å². The van der Waals surface area contributed by atoms with Crippen LogP contribution in [0.25, 0.3) is 0 Å². The predicted molar refractivity (Wildman–Crippen MR) is 51.3 cm³/mol. The molecule has 1 radical (unpaired) electrons. The molecule has 0 amide bonds. The van der Waals surface area contributed by atoms with Crippen molar-refractivity contribution in [1.29, 1.82) is 5.26 Å². The fourth-order valence-corrected chi connectivity index (χ4v) is 0.771. The summed E-state index contributed by atoms with van der Waals surface area (Å²) in [5, 5.41) is 14.4. The Morgan fingerprint density at radius 3 is 3.07 bits per heavy atom. The minimum absolute atomic E-state index is 0.161. The van der Waals surface area contributed by atoms with Gasteiger partial charge >= 0.3 is 0 Å². The van der Waals surface area contributed by atoms with E-state index in [-0.39, 0.29) is 12.6 Å². The van der Waals surface area contributed by atoms with Gasteiger partial charge in [-0.15, -0.1) is 5.32 Å². The number of hydrogen-bond donors (Lipinski definition) is 2. The molecule has 0 unspecified atom stereocenters. The quantitative estimate of drug-likeness (QED) is 0.287. The number of pyridine rings is 1. The molecule has 1 rings (SSSR count). The fourth-order valence-electron chi connectivity index (χ4n) is 0.771. The highest BCUT2D eigenvalue weighted by Gasteiger charge is 1.98. The van der Waals surface area contributed by atoms with E-state index < -0.39 is 0 Å². The Hall–Kier alpha value is -2.13. The molecule has 0 saturated carbocycles. The van der Waals surface area contributed by atoms with Gasteiger partial charge in [-0.2, -0.15) is 10.3 Å². The molecule has 0 saturated heterocycles. The normalized spacial score (nSPS) is 10.4. The maximum Gasteiger partial charge on any atom is 0.236 e. The molecule has 1 aromatic heterocycles. The standard InChI is InChI=1S/C8H9N6/c9-5-12-8(13-6-10)14-7-3-1-2-4-11-7/h1-4H,5,9H2,(H,11,12,14). The molecular formula is C8H9N6. The number of aliphatic imine (C=N–C) groups is 1. The molecule has 0 aliphatic heterocycles. The van der Waals surface area contributed by atoms with E-state index in [1.54, 1.807) is 30.6 Å². The van der Waals surface area contributed by atoms with Crippen molar-refractivity contribution >= 4 is 11.8 Å². The Balaban J connectivity index is 2.77. The average molecular weight is 189 g/mol. The number of aromatic nitrogens is 1. The van der Waals surface area contributed by atoms with E-state index in [0.29, 0.717) is 5.82 Å². The monoisotopic (exact) mass is 189 g/mol. The molecule has 6 heteroatoms. The smallest absolute Gasteiger partial charge is 0.236 e. The molecule has 0 bridgehead atoms. The molecule has 0 fully saturated rings.